The minimum atomic E-state index is 0.460. The number of rotatable bonds is 7. The minimum absolute atomic E-state index is 0.460. The first-order chi connectivity index (χ1) is 7.70. The van der Waals surface area contributed by atoms with Gasteiger partial charge in [-0.25, -0.2) is 0 Å². The Labute approximate surface area is 99.2 Å². The highest BCUT2D eigenvalue weighted by molar-refractivity contribution is 5.18. The van der Waals surface area contributed by atoms with Gasteiger partial charge in [0.25, 0.3) is 0 Å². The van der Waals surface area contributed by atoms with Crippen LogP contribution in [0.1, 0.15) is 57.8 Å². The van der Waals surface area contributed by atoms with E-state index in [-0.39, 0.29) is 0 Å². The molecule has 1 N–H and O–H groups in total. The van der Waals surface area contributed by atoms with Gasteiger partial charge in [-0.1, -0.05) is 20.3 Å². The van der Waals surface area contributed by atoms with E-state index in [0.717, 1.165) is 19.5 Å². The Kier molecular flexibility index (Phi) is 5.53. The minimum Gasteiger partial charge on any atom is -0.313 e. The van der Waals surface area contributed by atoms with Crippen LogP contribution < -0.4 is 5.32 Å². The number of hydrogen-bond acceptors (Lipinski definition) is 2. The third-order valence-corrected chi connectivity index (χ3v) is 2.70. The molecule has 0 saturated carbocycles. The maximum absolute atomic E-state index is 4.49. The van der Waals surface area contributed by atoms with E-state index in [1.165, 1.54) is 24.1 Å². The van der Waals surface area contributed by atoms with Crippen LogP contribution in [0.5, 0.6) is 0 Å². The normalized spacial score (nSPS) is 11.3. The highest BCUT2D eigenvalue weighted by Crippen LogP contribution is 2.15. The molecule has 0 radical (unpaired) electrons. The number of nitrogens with one attached hydrogen (secondary N) is 1. The maximum atomic E-state index is 4.49. The van der Waals surface area contributed by atoms with Crippen molar-refractivity contribution in [3.8, 4) is 0 Å². The van der Waals surface area contributed by atoms with E-state index in [0.29, 0.717) is 6.04 Å². The zero-order chi connectivity index (χ0) is 12.0. The first kappa shape index (κ1) is 13.2. The lowest BCUT2D eigenvalue weighted by molar-refractivity contribution is 0.505. The van der Waals surface area contributed by atoms with Crippen LogP contribution in [-0.2, 0) is 13.0 Å². The van der Waals surface area contributed by atoms with Crippen molar-refractivity contribution in [3.63, 3.8) is 0 Å². The van der Waals surface area contributed by atoms with Crippen molar-refractivity contribution in [2.75, 3.05) is 6.54 Å². The van der Waals surface area contributed by atoms with Gasteiger partial charge in [-0.3, -0.25) is 4.68 Å². The topological polar surface area (TPSA) is 29.9 Å². The van der Waals surface area contributed by atoms with Crippen molar-refractivity contribution in [2.24, 2.45) is 0 Å². The predicted octanol–water partition coefficient (Wildman–Crippen LogP) is 2.92. The molecule has 0 aliphatic carbocycles. The predicted molar refractivity (Wildman–Crippen MR) is 68.6 cm³/mol. The Morgan fingerprint density at radius 2 is 2.06 bits per heavy atom. The number of hydrogen-bond donors (Lipinski definition) is 1. The van der Waals surface area contributed by atoms with Gasteiger partial charge in [0.1, 0.15) is 0 Å². The molecular weight excluding hydrogens is 198 g/mol. The van der Waals surface area contributed by atoms with Crippen LogP contribution in [0.25, 0.3) is 0 Å². The fourth-order valence-electron chi connectivity index (χ4n) is 1.93. The largest absolute Gasteiger partial charge is 0.313 e. The van der Waals surface area contributed by atoms with E-state index in [1.807, 2.05) is 6.20 Å². The molecule has 16 heavy (non-hydrogen) atoms. The highest BCUT2D eigenvalue weighted by Gasteiger charge is 2.11. The molecule has 3 heteroatoms. The van der Waals surface area contributed by atoms with Crippen molar-refractivity contribution < 1.29 is 0 Å². The maximum Gasteiger partial charge on any atom is 0.0537 e. The zero-order valence-corrected chi connectivity index (χ0v) is 11.1. The molecule has 0 aliphatic heterocycles. The summed E-state index contributed by atoms with van der Waals surface area (Å²) in [5.74, 6) is 0. The molecule has 0 aromatic carbocycles. The summed E-state index contributed by atoms with van der Waals surface area (Å²) in [4.78, 5) is 0. The molecule has 0 bridgehead atoms. The second kappa shape index (κ2) is 6.69. The van der Waals surface area contributed by atoms with Gasteiger partial charge < -0.3 is 5.32 Å². The van der Waals surface area contributed by atoms with Gasteiger partial charge in [0.15, 0.2) is 0 Å². The van der Waals surface area contributed by atoms with Crippen molar-refractivity contribution in [1.82, 2.24) is 15.1 Å². The molecule has 0 saturated heterocycles. The molecule has 1 rings (SSSR count). The molecule has 3 nitrogen and oxygen atoms in total. The summed E-state index contributed by atoms with van der Waals surface area (Å²) in [6, 6.07) is 0.460. The third-order valence-electron chi connectivity index (χ3n) is 2.70. The van der Waals surface area contributed by atoms with Crippen LogP contribution in [0, 0.1) is 0 Å². The van der Waals surface area contributed by atoms with Crippen molar-refractivity contribution in [2.45, 2.75) is 59.5 Å². The second-order valence-corrected chi connectivity index (χ2v) is 4.58. The molecule has 0 unspecified atom stereocenters. The van der Waals surface area contributed by atoms with Gasteiger partial charge in [0.2, 0.25) is 0 Å². The molecule has 0 aliphatic rings. The fraction of sp³-hybridized carbons (Fsp3) is 0.769. The Balaban J connectivity index is 2.74. The van der Waals surface area contributed by atoms with Gasteiger partial charge in [0, 0.05) is 23.8 Å². The quantitative estimate of drug-likeness (QED) is 0.720. The van der Waals surface area contributed by atoms with Crippen LogP contribution in [0.2, 0.25) is 0 Å². The summed E-state index contributed by atoms with van der Waals surface area (Å²) in [6.45, 7) is 10.8. The van der Waals surface area contributed by atoms with Gasteiger partial charge in [-0.2, -0.15) is 5.10 Å². The summed E-state index contributed by atoms with van der Waals surface area (Å²) in [5, 5.41) is 7.94. The first-order valence-electron chi connectivity index (χ1n) is 6.46. The summed E-state index contributed by atoms with van der Waals surface area (Å²) >= 11 is 0. The highest BCUT2D eigenvalue weighted by atomic mass is 15.3. The molecule has 1 heterocycles. The van der Waals surface area contributed by atoms with Crippen LogP contribution >= 0.6 is 0 Å². The van der Waals surface area contributed by atoms with Gasteiger partial charge in [-0.05, 0) is 33.2 Å². The molecular formula is C13H25N3. The van der Waals surface area contributed by atoms with Gasteiger partial charge in [-0.15, -0.1) is 0 Å². The van der Waals surface area contributed by atoms with Crippen molar-refractivity contribution >= 4 is 0 Å². The number of nitrogens with zero attached hydrogens (tertiary/aromatic N) is 2. The number of aromatic nitrogens is 2. The van der Waals surface area contributed by atoms with Crippen molar-refractivity contribution in [3.05, 3.63) is 17.5 Å². The molecule has 0 spiro atoms. The fourth-order valence-corrected chi connectivity index (χ4v) is 1.93. The summed E-state index contributed by atoms with van der Waals surface area (Å²) in [5.41, 5.74) is 2.77. The first-order valence-corrected chi connectivity index (χ1v) is 6.46. The summed E-state index contributed by atoms with van der Waals surface area (Å²) < 4.78 is 2.16. The monoisotopic (exact) mass is 223 g/mol. The lowest BCUT2D eigenvalue weighted by Gasteiger charge is -2.12. The van der Waals surface area contributed by atoms with E-state index in [2.05, 4.69) is 42.8 Å². The Morgan fingerprint density at radius 3 is 2.62 bits per heavy atom. The smallest absolute Gasteiger partial charge is 0.0537 e. The third kappa shape index (κ3) is 3.34. The second-order valence-electron chi connectivity index (χ2n) is 4.58. The van der Waals surface area contributed by atoms with Crippen LogP contribution in [-0.4, -0.2) is 16.3 Å². The van der Waals surface area contributed by atoms with Crippen molar-refractivity contribution in [1.29, 1.82) is 0 Å². The summed E-state index contributed by atoms with van der Waals surface area (Å²) in [7, 11) is 0. The van der Waals surface area contributed by atoms with Crippen LogP contribution in [0.3, 0.4) is 0 Å². The summed E-state index contributed by atoms with van der Waals surface area (Å²) in [6.07, 6.45) is 5.51. The van der Waals surface area contributed by atoms with E-state index in [9.17, 15) is 0 Å². The van der Waals surface area contributed by atoms with Gasteiger partial charge in [0.05, 0.1) is 6.20 Å². The van der Waals surface area contributed by atoms with E-state index in [4.69, 9.17) is 0 Å². The lowest BCUT2D eigenvalue weighted by Crippen LogP contribution is -2.15. The standard InChI is InChI=1S/C13H25N3/c1-5-7-13-12(9-14-8-6-2)10-15-16(13)11(3)4/h10-11,14H,5-9H2,1-4H3. The van der Waals surface area contributed by atoms with Crippen LogP contribution in [0.15, 0.2) is 6.20 Å². The van der Waals surface area contributed by atoms with Crippen LogP contribution in [0.4, 0.5) is 0 Å². The Hall–Kier alpha value is -0.830. The van der Waals surface area contributed by atoms with E-state index in [1.54, 1.807) is 0 Å². The zero-order valence-electron chi connectivity index (χ0n) is 11.1. The molecule has 92 valence electrons. The molecule has 0 fully saturated rings. The Morgan fingerprint density at radius 1 is 1.31 bits per heavy atom. The van der Waals surface area contributed by atoms with E-state index < -0.39 is 0 Å². The molecule has 1 aromatic heterocycles. The van der Waals surface area contributed by atoms with E-state index >= 15 is 0 Å². The van der Waals surface area contributed by atoms with Gasteiger partial charge >= 0.3 is 0 Å². The Bertz CT molecular complexity index is 302. The average molecular weight is 223 g/mol. The lowest BCUT2D eigenvalue weighted by atomic mass is 10.1. The molecule has 0 atom stereocenters. The molecule has 0 amide bonds. The average Bonchev–Trinajstić information content (AvgIpc) is 2.63. The SMILES string of the molecule is CCCNCc1cnn(C(C)C)c1CCC. The molecule has 1 aromatic rings.